The topological polar surface area (TPSA) is 101 Å². The Kier molecular flexibility index (Phi) is 8.70. The monoisotopic (exact) mass is 764 g/mol. The molecule has 14 heteroatoms. The van der Waals surface area contributed by atoms with Gasteiger partial charge in [0.05, 0.1) is 34.6 Å². The molecule has 0 saturated carbocycles. The number of ether oxygens (including phenoxy) is 2. The molecule has 0 aliphatic carbocycles. The molecule has 0 radical (unpaired) electrons. The number of pyridine rings is 1. The molecule has 288 valence electrons. The minimum Gasteiger partial charge on any atom is -0.475 e. The Labute approximate surface area is 321 Å². The summed E-state index contributed by atoms with van der Waals surface area (Å²) < 4.78 is 71.0. The third kappa shape index (κ3) is 5.81. The largest absolute Gasteiger partial charge is 0.475 e. The molecule has 5 aromatic rings. The first-order valence-electron chi connectivity index (χ1n) is 19.5. The van der Waals surface area contributed by atoms with Crippen LogP contribution in [0.2, 0.25) is 0 Å². The highest BCUT2D eigenvalue weighted by Gasteiger charge is 2.50. The van der Waals surface area contributed by atoms with Crippen LogP contribution in [0.5, 0.6) is 11.9 Å². The van der Waals surface area contributed by atoms with Crippen LogP contribution in [0.25, 0.3) is 32.9 Å². The molecule has 10 rings (SSSR count). The van der Waals surface area contributed by atoms with Crippen molar-refractivity contribution in [1.29, 1.82) is 0 Å². The summed E-state index contributed by atoms with van der Waals surface area (Å²) >= 11 is 0. The van der Waals surface area contributed by atoms with E-state index < -0.39 is 23.8 Å². The van der Waals surface area contributed by atoms with E-state index in [0.29, 0.717) is 65.0 Å². The van der Waals surface area contributed by atoms with Gasteiger partial charge >= 0.3 is 6.01 Å². The molecular weight excluding hydrogens is 725 g/mol. The van der Waals surface area contributed by atoms with Crippen molar-refractivity contribution in [2.24, 2.45) is 0 Å². The lowest BCUT2D eigenvalue weighted by Crippen LogP contribution is -2.58. The van der Waals surface area contributed by atoms with Gasteiger partial charge in [0.25, 0.3) is 6.43 Å². The van der Waals surface area contributed by atoms with Crippen molar-refractivity contribution in [2.45, 2.75) is 93.9 Å². The van der Waals surface area contributed by atoms with Crippen molar-refractivity contribution in [3.05, 3.63) is 71.3 Å². The van der Waals surface area contributed by atoms with Crippen molar-refractivity contribution in [3.63, 3.8) is 0 Å². The number of hydrogen-bond donors (Lipinski definition) is 1. The van der Waals surface area contributed by atoms with E-state index in [4.69, 9.17) is 30.8 Å². The van der Waals surface area contributed by atoms with Crippen molar-refractivity contribution >= 4 is 27.5 Å². The average Bonchev–Trinajstić information content (AvgIpc) is 3.91. The Morgan fingerprint density at radius 1 is 0.964 bits per heavy atom. The van der Waals surface area contributed by atoms with Gasteiger partial charge in [0.15, 0.2) is 5.82 Å². The Balaban J connectivity index is 1.02. The summed E-state index contributed by atoms with van der Waals surface area (Å²) in [5.74, 6) is 2.15. The van der Waals surface area contributed by atoms with Crippen LogP contribution in [0, 0.1) is 24.0 Å². The summed E-state index contributed by atoms with van der Waals surface area (Å²) in [6, 6.07) is 9.30. The molecule has 2 aromatic carbocycles. The van der Waals surface area contributed by atoms with E-state index in [-0.39, 0.29) is 46.3 Å². The van der Waals surface area contributed by atoms with Gasteiger partial charge < -0.3 is 19.7 Å². The third-order valence-corrected chi connectivity index (χ3v) is 12.8. The van der Waals surface area contributed by atoms with Gasteiger partial charge in [0.2, 0.25) is 5.88 Å². The van der Waals surface area contributed by atoms with E-state index in [9.17, 15) is 8.78 Å². The van der Waals surface area contributed by atoms with Crippen molar-refractivity contribution in [2.75, 3.05) is 31.2 Å². The normalized spacial score (nSPS) is 25.6. The number of anilines is 1. The standard InChI is InChI=1S/C42H40F4N8O2/c1-2-26-28(43)12-10-23-6-3-7-27(34(23)26)37-36(44)38-35-30(50-37)8-4-9-32-29-13-11-24(49-29)20-53(32)40(35)52-41(51-38)56-22-42-15-5-17-54(42)25(14-16-42)21-55-33-19-47-31(18-48-33)39(45)46/h1,3,6-7,10,12,18-19,24-25,29,32,39,49H,4-5,8-9,11,13-17,20-22H2/t24?,25-,29-,32+,42-/m0/s1. The first-order chi connectivity index (χ1) is 27.3. The number of aromatic nitrogens is 5. The third-order valence-electron chi connectivity index (χ3n) is 12.8. The van der Waals surface area contributed by atoms with Gasteiger partial charge in [-0.3, -0.25) is 4.90 Å². The van der Waals surface area contributed by atoms with Crippen LogP contribution in [0.3, 0.4) is 0 Å². The van der Waals surface area contributed by atoms with Gasteiger partial charge in [0, 0.05) is 41.7 Å². The van der Waals surface area contributed by atoms with Gasteiger partial charge in [-0.2, -0.15) is 9.97 Å². The van der Waals surface area contributed by atoms with Crippen LogP contribution < -0.4 is 19.7 Å². The number of rotatable bonds is 8. The summed E-state index contributed by atoms with van der Waals surface area (Å²) in [6.45, 7) is 2.21. The summed E-state index contributed by atoms with van der Waals surface area (Å²) in [6.07, 6.45) is 13.5. The molecule has 2 bridgehead atoms. The number of piperazine rings is 1. The first kappa shape index (κ1) is 35.3. The van der Waals surface area contributed by atoms with Crippen molar-refractivity contribution < 1.29 is 27.0 Å². The second kappa shape index (κ2) is 13.8. The summed E-state index contributed by atoms with van der Waals surface area (Å²) in [4.78, 5) is 27.5. The Bertz CT molecular complexity index is 2390. The molecule has 4 saturated heterocycles. The van der Waals surface area contributed by atoms with Gasteiger partial charge in [-0.15, -0.1) is 6.42 Å². The average molecular weight is 765 g/mol. The number of fused-ring (bicyclic) bond motifs is 7. The fourth-order valence-corrected chi connectivity index (χ4v) is 10.2. The Morgan fingerprint density at radius 3 is 2.71 bits per heavy atom. The molecule has 8 heterocycles. The molecule has 1 N–H and O–H groups in total. The summed E-state index contributed by atoms with van der Waals surface area (Å²) in [5, 5.41) is 5.51. The van der Waals surface area contributed by atoms with E-state index in [2.05, 4.69) is 31.0 Å². The SMILES string of the molecule is C#Cc1c(F)ccc2cccc(-c3nc4c5c(nc(OC[C@@]67CCCN6[C@H](COc6cnc(C(F)F)cn6)CC7)nc5c3F)N3CC5CC[C@H](N5)[C@H]3CCC4)c12. The van der Waals surface area contributed by atoms with E-state index in [1.54, 1.807) is 18.2 Å². The van der Waals surface area contributed by atoms with Gasteiger partial charge in [-0.25, -0.2) is 32.5 Å². The van der Waals surface area contributed by atoms with Crippen LogP contribution in [0.1, 0.15) is 74.7 Å². The zero-order valence-corrected chi connectivity index (χ0v) is 30.7. The quantitative estimate of drug-likeness (QED) is 0.132. The van der Waals surface area contributed by atoms with Crippen LogP contribution in [0.15, 0.2) is 42.7 Å². The number of alkyl halides is 2. The van der Waals surface area contributed by atoms with Crippen LogP contribution in [0.4, 0.5) is 23.4 Å². The number of hydrogen-bond acceptors (Lipinski definition) is 10. The number of nitrogens with one attached hydrogen (secondary N) is 1. The molecule has 5 aliphatic heterocycles. The highest BCUT2D eigenvalue weighted by Crippen LogP contribution is 2.45. The Morgan fingerprint density at radius 2 is 1.88 bits per heavy atom. The highest BCUT2D eigenvalue weighted by atomic mass is 19.3. The number of nitrogens with zero attached hydrogens (tertiary/aromatic N) is 7. The Hall–Kier alpha value is -5.13. The van der Waals surface area contributed by atoms with Gasteiger partial charge in [-0.1, -0.05) is 30.2 Å². The zero-order valence-electron chi connectivity index (χ0n) is 30.7. The maximum atomic E-state index is 17.4. The minimum absolute atomic E-state index is 0.0619. The summed E-state index contributed by atoms with van der Waals surface area (Å²) in [5.41, 5.74) is 0.675. The number of aryl methyl sites for hydroxylation is 1. The van der Waals surface area contributed by atoms with E-state index in [1.165, 1.54) is 12.3 Å². The number of benzene rings is 2. The maximum Gasteiger partial charge on any atom is 0.319 e. The lowest BCUT2D eigenvalue weighted by Gasteiger charge is -2.43. The first-order valence-corrected chi connectivity index (χ1v) is 19.5. The van der Waals surface area contributed by atoms with Crippen LogP contribution in [-0.2, 0) is 6.42 Å². The molecule has 3 aromatic heterocycles. The van der Waals surface area contributed by atoms with Crippen LogP contribution in [-0.4, -0.2) is 85.8 Å². The van der Waals surface area contributed by atoms with Crippen molar-refractivity contribution in [3.8, 4) is 35.5 Å². The van der Waals surface area contributed by atoms with E-state index in [1.807, 2.05) is 6.07 Å². The lowest BCUT2D eigenvalue weighted by atomic mass is 9.93. The fraction of sp³-hybridized carbons (Fsp3) is 0.452. The minimum atomic E-state index is -2.70. The summed E-state index contributed by atoms with van der Waals surface area (Å²) in [7, 11) is 0. The lowest BCUT2D eigenvalue weighted by molar-refractivity contribution is 0.0677. The molecule has 5 aliphatic rings. The maximum absolute atomic E-state index is 17.4. The molecule has 5 atom stereocenters. The van der Waals surface area contributed by atoms with Gasteiger partial charge in [-0.05, 0) is 75.8 Å². The number of halogens is 4. The van der Waals surface area contributed by atoms with E-state index in [0.717, 1.165) is 70.7 Å². The molecular formula is C42H40F4N8O2. The zero-order chi connectivity index (χ0) is 38.1. The molecule has 4 fully saturated rings. The molecule has 0 spiro atoms. The second-order valence-corrected chi connectivity index (χ2v) is 15.8. The number of terminal acetylenes is 1. The van der Waals surface area contributed by atoms with E-state index >= 15 is 8.78 Å². The molecule has 56 heavy (non-hydrogen) atoms. The second-order valence-electron chi connectivity index (χ2n) is 15.8. The van der Waals surface area contributed by atoms with Gasteiger partial charge in [0.1, 0.15) is 41.8 Å². The molecule has 10 nitrogen and oxygen atoms in total. The predicted octanol–water partition coefficient (Wildman–Crippen LogP) is 6.93. The van der Waals surface area contributed by atoms with Crippen LogP contribution >= 0.6 is 0 Å². The molecule has 0 amide bonds. The predicted molar refractivity (Wildman–Crippen MR) is 202 cm³/mol. The van der Waals surface area contributed by atoms with Crippen molar-refractivity contribution in [1.82, 2.24) is 35.1 Å². The highest BCUT2D eigenvalue weighted by molar-refractivity contribution is 6.02. The molecule has 1 unspecified atom stereocenters. The smallest absolute Gasteiger partial charge is 0.319 e. The fourth-order valence-electron chi connectivity index (χ4n) is 10.2.